The van der Waals surface area contributed by atoms with E-state index in [0.717, 1.165) is 5.76 Å². The van der Waals surface area contributed by atoms with Crippen LogP contribution in [0.4, 0.5) is 0 Å². The van der Waals surface area contributed by atoms with Crippen LogP contribution in [0.3, 0.4) is 0 Å². The van der Waals surface area contributed by atoms with Crippen molar-refractivity contribution < 1.29 is 13.9 Å². The number of hydrogen-bond acceptors (Lipinski definition) is 3. The van der Waals surface area contributed by atoms with Crippen molar-refractivity contribution in [3.05, 3.63) is 23.7 Å². The van der Waals surface area contributed by atoms with Crippen LogP contribution in [0.15, 0.2) is 16.7 Å². The van der Waals surface area contributed by atoms with Crippen molar-refractivity contribution in [1.29, 1.82) is 0 Å². The highest BCUT2D eigenvalue weighted by atomic mass is 16.5. The normalized spacial score (nSPS) is 17.7. The van der Waals surface area contributed by atoms with Gasteiger partial charge < -0.3 is 9.15 Å². The van der Waals surface area contributed by atoms with Gasteiger partial charge in [0.2, 0.25) is 0 Å². The number of rotatable bonds is 2. The minimum Gasteiger partial charge on any atom is -0.468 e. The highest BCUT2D eigenvalue weighted by molar-refractivity contribution is 5.89. The second-order valence-corrected chi connectivity index (χ2v) is 4.06. The second-order valence-electron chi connectivity index (χ2n) is 4.06. The van der Waals surface area contributed by atoms with E-state index in [4.69, 9.17) is 4.42 Å². The largest absolute Gasteiger partial charge is 0.468 e. The Balaban J connectivity index is 2.08. The zero-order valence-corrected chi connectivity index (χ0v) is 8.99. The number of esters is 1. The van der Waals surface area contributed by atoms with E-state index in [-0.39, 0.29) is 5.97 Å². The van der Waals surface area contributed by atoms with Gasteiger partial charge in [0, 0.05) is 5.92 Å². The molecule has 82 valence electrons. The lowest BCUT2D eigenvalue weighted by Gasteiger charge is -2.18. The van der Waals surface area contributed by atoms with E-state index >= 15 is 0 Å². The quantitative estimate of drug-likeness (QED) is 0.701. The van der Waals surface area contributed by atoms with Crippen molar-refractivity contribution in [1.82, 2.24) is 0 Å². The maximum atomic E-state index is 11.2. The number of carbonyl (C=O) groups is 1. The molecule has 0 amide bonds. The van der Waals surface area contributed by atoms with Gasteiger partial charge in [-0.2, -0.15) is 0 Å². The molecule has 0 radical (unpaired) electrons. The van der Waals surface area contributed by atoms with Crippen molar-refractivity contribution in [2.24, 2.45) is 0 Å². The molecule has 1 aliphatic rings. The number of hydrogen-bond donors (Lipinski definition) is 0. The summed E-state index contributed by atoms with van der Waals surface area (Å²) in [5.74, 6) is 1.12. The highest BCUT2D eigenvalue weighted by Gasteiger charge is 2.20. The van der Waals surface area contributed by atoms with E-state index in [1.807, 2.05) is 6.07 Å². The third-order valence-electron chi connectivity index (χ3n) is 3.05. The third-order valence-corrected chi connectivity index (χ3v) is 3.05. The van der Waals surface area contributed by atoms with E-state index in [1.54, 1.807) is 0 Å². The molecular weight excluding hydrogens is 192 g/mol. The monoisotopic (exact) mass is 208 g/mol. The van der Waals surface area contributed by atoms with Gasteiger partial charge in [0.15, 0.2) is 0 Å². The highest BCUT2D eigenvalue weighted by Crippen LogP contribution is 2.33. The van der Waals surface area contributed by atoms with Gasteiger partial charge >= 0.3 is 5.97 Å². The van der Waals surface area contributed by atoms with Crippen LogP contribution in [0.2, 0.25) is 0 Å². The topological polar surface area (TPSA) is 39.4 Å². The molecule has 2 rings (SSSR count). The Bertz CT molecular complexity index is 334. The molecule has 0 aromatic carbocycles. The first-order chi connectivity index (χ1) is 7.31. The summed E-state index contributed by atoms with van der Waals surface area (Å²) in [6.07, 6.45) is 7.69. The molecular formula is C12H16O3. The molecule has 1 fully saturated rings. The predicted octanol–water partition coefficient (Wildman–Crippen LogP) is 3.11. The summed E-state index contributed by atoms with van der Waals surface area (Å²) in [6.45, 7) is 0. The molecule has 0 spiro atoms. The maximum Gasteiger partial charge on any atom is 0.341 e. The molecule has 1 aliphatic carbocycles. The summed E-state index contributed by atoms with van der Waals surface area (Å²) in [6, 6.07) is 1.82. The van der Waals surface area contributed by atoms with Crippen molar-refractivity contribution in [3.63, 3.8) is 0 Å². The average molecular weight is 208 g/mol. The molecule has 0 atom stereocenters. The molecule has 1 saturated carbocycles. The fourth-order valence-electron chi connectivity index (χ4n) is 2.18. The van der Waals surface area contributed by atoms with Crippen LogP contribution in [-0.4, -0.2) is 13.1 Å². The Hall–Kier alpha value is -1.25. The van der Waals surface area contributed by atoms with Gasteiger partial charge in [-0.1, -0.05) is 19.3 Å². The zero-order valence-electron chi connectivity index (χ0n) is 8.99. The molecule has 1 aromatic rings. The SMILES string of the molecule is COC(=O)c1coc(C2CCCCC2)c1. The fourth-order valence-corrected chi connectivity index (χ4v) is 2.18. The maximum absolute atomic E-state index is 11.2. The van der Waals surface area contributed by atoms with E-state index < -0.39 is 0 Å². The molecule has 0 N–H and O–H groups in total. The van der Waals surface area contributed by atoms with Gasteiger partial charge in [-0.25, -0.2) is 4.79 Å². The molecule has 3 nitrogen and oxygen atoms in total. The Labute approximate surface area is 89.4 Å². The number of furan rings is 1. The minimum atomic E-state index is -0.319. The summed E-state index contributed by atoms with van der Waals surface area (Å²) in [5, 5.41) is 0. The zero-order chi connectivity index (χ0) is 10.7. The van der Waals surface area contributed by atoms with Crippen LogP contribution in [0.1, 0.15) is 54.1 Å². The number of carbonyl (C=O) groups excluding carboxylic acids is 1. The van der Waals surface area contributed by atoms with Gasteiger partial charge in [0.25, 0.3) is 0 Å². The molecule has 1 heterocycles. The van der Waals surface area contributed by atoms with Crippen LogP contribution in [-0.2, 0) is 4.74 Å². The van der Waals surface area contributed by atoms with Crippen LogP contribution in [0, 0.1) is 0 Å². The fraction of sp³-hybridized carbons (Fsp3) is 0.583. The van der Waals surface area contributed by atoms with Crippen molar-refractivity contribution in [3.8, 4) is 0 Å². The first kappa shape index (κ1) is 10.3. The lowest BCUT2D eigenvalue weighted by atomic mass is 9.87. The molecule has 1 aromatic heterocycles. The van der Waals surface area contributed by atoms with Crippen LogP contribution in [0.5, 0.6) is 0 Å². The van der Waals surface area contributed by atoms with E-state index in [9.17, 15) is 4.79 Å². The minimum absolute atomic E-state index is 0.319. The summed E-state index contributed by atoms with van der Waals surface area (Å²) in [7, 11) is 1.38. The summed E-state index contributed by atoms with van der Waals surface area (Å²) in [5.41, 5.74) is 0.526. The van der Waals surface area contributed by atoms with Crippen molar-refractivity contribution in [2.45, 2.75) is 38.0 Å². The lowest BCUT2D eigenvalue weighted by molar-refractivity contribution is 0.0600. The molecule has 15 heavy (non-hydrogen) atoms. The van der Waals surface area contributed by atoms with Gasteiger partial charge in [-0.3, -0.25) is 0 Å². The average Bonchev–Trinajstić information content (AvgIpc) is 2.78. The standard InChI is InChI=1S/C12H16O3/c1-14-12(13)10-7-11(15-8-10)9-5-3-2-4-6-9/h7-9H,2-6H2,1H3. The van der Waals surface area contributed by atoms with E-state index in [1.165, 1.54) is 45.5 Å². The van der Waals surface area contributed by atoms with Gasteiger partial charge in [0.1, 0.15) is 12.0 Å². The molecule has 0 bridgehead atoms. The third kappa shape index (κ3) is 2.22. The van der Waals surface area contributed by atoms with E-state index in [0.29, 0.717) is 11.5 Å². The number of ether oxygens (including phenoxy) is 1. The Kier molecular flexibility index (Phi) is 3.09. The lowest BCUT2D eigenvalue weighted by Crippen LogP contribution is -2.03. The molecule has 0 saturated heterocycles. The van der Waals surface area contributed by atoms with Gasteiger partial charge in [0.05, 0.1) is 12.7 Å². The van der Waals surface area contributed by atoms with Crippen LogP contribution in [0.25, 0.3) is 0 Å². The smallest absolute Gasteiger partial charge is 0.341 e. The second kappa shape index (κ2) is 4.51. The van der Waals surface area contributed by atoms with Crippen molar-refractivity contribution >= 4 is 5.97 Å². The van der Waals surface area contributed by atoms with E-state index in [2.05, 4.69) is 4.74 Å². The van der Waals surface area contributed by atoms with Crippen LogP contribution < -0.4 is 0 Å². The molecule has 0 aliphatic heterocycles. The summed E-state index contributed by atoms with van der Waals surface area (Å²) in [4.78, 5) is 11.2. The summed E-state index contributed by atoms with van der Waals surface area (Å²) >= 11 is 0. The summed E-state index contributed by atoms with van der Waals surface area (Å²) < 4.78 is 10.1. The van der Waals surface area contributed by atoms with Crippen molar-refractivity contribution in [2.75, 3.05) is 7.11 Å². The van der Waals surface area contributed by atoms with Gasteiger partial charge in [-0.15, -0.1) is 0 Å². The van der Waals surface area contributed by atoms with Gasteiger partial charge in [-0.05, 0) is 18.9 Å². The molecule has 0 unspecified atom stereocenters. The molecule has 3 heteroatoms. The number of methoxy groups -OCH3 is 1. The Morgan fingerprint density at radius 3 is 2.80 bits per heavy atom. The Morgan fingerprint density at radius 2 is 2.13 bits per heavy atom. The predicted molar refractivity (Wildman–Crippen MR) is 55.9 cm³/mol. The first-order valence-corrected chi connectivity index (χ1v) is 5.48. The van der Waals surface area contributed by atoms with Crippen LogP contribution >= 0.6 is 0 Å². The first-order valence-electron chi connectivity index (χ1n) is 5.48. The Morgan fingerprint density at radius 1 is 1.40 bits per heavy atom.